The lowest BCUT2D eigenvalue weighted by atomic mass is 9.48. The number of amides is 1. The number of nitrogens with zero attached hydrogens (tertiary/aromatic N) is 1. The molecule has 1 atom stereocenters. The molecule has 2 N–H and O–H groups in total. The summed E-state index contributed by atoms with van der Waals surface area (Å²) in [4.78, 5) is 41.2. The van der Waals surface area contributed by atoms with Crippen LogP contribution in [0.3, 0.4) is 0 Å². The van der Waals surface area contributed by atoms with Crippen molar-refractivity contribution < 1.29 is 4.79 Å². The predicted octanol–water partition coefficient (Wildman–Crippen LogP) is 4.28. The highest BCUT2D eigenvalue weighted by atomic mass is 32.1. The first kappa shape index (κ1) is 21.6. The van der Waals surface area contributed by atoms with Gasteiger partial charge in [-0.1, -0.05) is 0 Å². The first-order chi connectivity index (χ1) is 15.9. The van der Waals surface area contributed by atoms with Crippen molar-refractivity contribution in [2.75, 3.05) is 0 Å². The number of aromatic nitrogens is 2. The SMILES string of the molecule is C[C@@H](NC(=O)C1CCC(Cn2c(=O)[nH]c3ccsc3c2=O)CC1)C12CC3CC(CC(C3)C1)C2. The topological polar surface area (TPSA) is 84.0 Å². The number of H-pyrrole nitrogens is 1. The van der Waals surface area contributed by atoms with E-state index in [9.17, 15) is 14.4 Å². The molecule has 4 bridgehead atoms. The Bertz CT molecular complexity index is 1130. The molecule has 178 valence electrons. The van der Waals surface area contributed by atoms with Gasteiger partial charge in [-0.3, -0.25) is 14.2 Å². The molecular formula is C26H35N3O3S. The van der Waals surface area contributed by atoms with E-state index in [-0.39, 0.29) is 35.0 Å². The number of hydrogen-bond acceptors (Lipinski definition) is 4. The molecule has 2 aromatic rings. The summed E-state index contributed by atoms with van der Waals surface area (Å²) >= 11 is 1.37. The monoisotopic (exact) mass is 469 g/mol. The van der Waals surface area contributed by atoms with E-state index < -0.39 is 0 Å². The highest BCUT2D eigenvalue weighted by molar-refractivity contribution is 7.17. The zero-order chi connectivity index (χ0) is 22.7. The second-order valence-electron chi connectivity index (χ2n) is 11.7. The molecular weight excluding hydrogens is 434 g/mol. The standard InChI is InChI=1S/C26H35N3O3S/c1-15(26-11-17-8-18(12-26)10-19(9-17)13-26)27-23(30)20-4-2-16(3-5-20)14-29-24(31)22-21(6-7-33-22)28-25(29)32/h6-7,15-20H,2-5,8-14H2,1H3,(H,27,30)(H,28,32)/t15-,16?,17?,18?,19?,20?,26?/m1/s1. The van der Waals surface area contributed by atoms with Crippen molar-refractivity contribution in [3.63, 3.8) is 0 Å². The van der Waals surface area contributed by atoms with Gasteiger partial charge >= 0.3 is 5.69 Å². The lowest BCUT2D eigenvalue weighted by molar-refractivity contribution is -0.131. The average molecular weight is 470 g/mol. The predicted molar refractivity (Wildman–Crippen MR) is 130 cm³/mol. The molecule has 0 unspecified atom stereocenters. The fourth-order valence-electron chi connectivity index (χ4n) is 8.19. The van der Waals surface area contributed by atoms with Crippen LogP contribution in [0.5, 0.6) is 0 Å². The van der Waals surface area contributed by atoms with E-state index in [0.29, 0.717) is 22.2 Å². The summed E-state index contributed by atoms with van der Waals surface area (Å²) in [6, 6.07) is 2.05. The van der Waals surface area contributed by atoms with Gasteiger partial charge in [-0.25, -0.2) is 4.79 Å². The number of rotatable bonds is 5. The minimum Gasteiger partial charge on any atom is -0.353 e. The summed E-state index contributed by atoms with van der Waals surface area (Å²) in [7, 11) is 0. The maximum atomic E-state index is 13.2. The zero-order valence-corrected chi connectivity index (χ0v) is 20.3. The Morgan fingerprint density at radius 3 is 2.39 bits per heavy atom. The molecule has 7 heteroatoms. The van der Waals surface area contributed by atoms with Crippen LogP contribution in [0.2, 0.25) is 0 Å². The van der Waals surface area contributed by atoms with Crippen molar-refractivity contribution in [3.8, 4) is 0 Å². The average Bonchev–Trinajstić information content (AvgIpc) is 3.24. The molecule has 5 fully saturated rings. The van der Waals surface area contributed by atoms with Gasteiger partial charge in [-0.05, 0) is 112 Å². The normalized spacial score (nSPS) is 36.2. The van der Waals surface area contributed by atoms with E-state index in [4.69, 9.17) is 0 Å². The summed E-state index contributed by atoms with van der Waals surface area (Å²) in [6.07, 6.45) is 11.7. The Labute approximate surface area is 198 Å². The molecule has 0 radical (unpaired) electrons. The number of aromatic amines is 1. The summed E-state index contributed by atoms with van der Waals surface area (Å²) in [5, 5.41) is 5.29. The van der Waals surface area contributed by atoms with Gasteiger partial charge < -0.3 is 10.3 Å². The van der Waals surface area contributed by atoms with Crippen LogP contribution >= 0.6 is 11.3 Å². The van der Waals surface area contributed by atoms with Crippen molar-refractivity contribution in [2.24, 2.45) is 35.0 Å². The van der Waals surface area contributed by atoms with Crippen molar-refractivity contribution >= 4 is 27.5 Å². The van der Waals surface area contributed by atoms with Gasteiger partial charge in [0.05, 0.1) is 5.52 Å². The summed E-state index contributed by atoms with van der Waals surface area (Å²) in [6.45, 7) is 2.70. The van der Waals surface area contributed by atoms with Crippen LogP contribution in [0.4, 0.5) is 0 Å². The lowest BCUT2D eigenvalue weighted by Gasteiger charge is -2.59. The number of nitrogens with one attached hydrogen (secondary N) is 2. The van der Waals surface area contributed by atoms with E-state index in [2.05, 4.69) is 17.2 Å². The summed E-state index contributed by atoms with van der Waals surface area (Å²) < 4.78 is 1.97. The molecule has 0 saturated heterocycles. The molecule has 5 aliphatic carbocycles. The van der Waals surface area contributed by atoms with E-state index in [1.807, 2.05) is 5.38 Å². The minimum absolute atomic E-state index is 0.0624. The highest BCUT2D eigenvalue weighted by Gasteiger charge is 2.53. The van der Waals surface area contributed by atoms with Crippen molar-refractivity contribution in [2.45, 2.75) is 83.7 Å². The Kier molecular flexibility index (Phi) is 5.31. The second kappa shape index (κ2) is 8.10. The van der Waals surface area contributed by atoms with Gasteiger partial charge in [0.2, 0.25) is 5.91 Å². The van der Waals surface area contributed by atoms with Gasteiger partial charge in [-0.15, -0.1) is 11.3 Å². The van der Waals surface area contributed by atoms with Crippen LogP contribution in [0.25, 0.3) is 10.2 Å². The Morgan fingerprint density at radius 1 is 1.12 bits per heavy atom. The van der Waals surface area contributed by atoms with Crippen LogP contribution in [0.15, 0.2) is 21.0 Å². The molecule has 5 aliphatic rings. The van der Waals surface area contributed by atoms with Crippen molar-refractivity contribution in [1.82, 2.24) is 14.9 Å². The number of thiophene rings is 1. The smallest absolute Gasteiger partial charge is 0.328 e. The first-order valence-corrected chi connectivity index (χ1v) is 13.8. The van der Waals surface area contributed by atoms with Gasteiger partial charge in [0.15, 0.2) is 0 Å². The molecule has 7 rings (SSSR count). The molecule has 0 aliphatic heterocycles. The lowest BCUT2D eigenvalue weighted by Crippen LogP contribution is -2.56. The highest BCUT2D eigenvalue weighted by Crippen LogP contribution is 2.61. The Morgan fingerprint density at radius 2 is 1.76 bits per heavy atom. The van der Waals surface area contributed by atoms with E-state index in [1.54, 1.807) is 6.07 Å². The largest absolute Gasteiger partial charge is 0.353 e. The van der Waals surface area contributed by atoms with E-state index in [0.717, 1.165) is 43.4 Å². The molecule has 2 heterocycles. The van der Waals surface area contributed by atoms with Gasteiger partial charge in [-0.2, -0.15) is 0 Å². The van der Waals surface area contributed by atoms with Gasteiger partial charge in [0.25, 0.3) is 5.56 Å². The van der Waals surface area contributed by atoms with Crippen LogP contribution in [0, 0.1) is 35.0 Å². The third kappa shape index (κ3) is 3.80. The molecule has 5 saturated carbocycles. The molecule has 33 heavy (non-hydrogen) atoms. The van der Waals surface area contributed by atoms with Crippen molar-refractivity contribution in [3.05, 3.63) is 32.3 Å². The molecule has 2 aromatic heterocycles. The maximum absolute atomic E-state index is 13.2. The molecule has 6 nitrogen and oxygen atoms in total. The number of carbonyl (C=O) groups is 1. The number of fused-ring (bicyclic) bond motifs is 1. The van der Waals surface area contributed by atoms with Crippen LogP contribution in [-0.2, 0) is 11.3 Å². The van der Waals surface area contributed by atoms with Crippen LogP contribution in [0.1, 0.15) is 71.1 Å². The quantitative estimate of drug-likeness (QED) is 0.686. The number of hydrogen-bond donors (Lipinski definition) is 2. The third-order valence-electron chi connectivity index (χ3n) is 9.61. The molecule has 0 aromatic carbocycles. The van der Waals surface area contributed by atoms with Crippen LogP contribution in [-0.4, -0.2) is 21.5 Å². The van der Waals surface area contributed by atoms with Crippen molar-refractivity contribution in [1.29, 1.82) is 0 Å². The van der Waals surface area contributed by atoms with E-state index in [1.165, 1.54) is 54.4 Å². The summed E-state index contributed by atoms with van der Waals surface area (Å²) in [5.41, 5.74) is 0.451. The third-order valence-corrected chi connectivity index (χ3v) is 10.5. The first-order valence-electron chi connectivity index (χ1n) is 12.9. The van der Waals surface area contributed by atoms with Gasteiger partial charge in [0, 0.05) is 18.5 Å². The summed E-state index contributed by atoms with van der Waals surface area (Å²) in [5.74, 6) is 3.24. The Hall–Kier alpha value is -1.89. The fourth-order valence-corrected chi connectivity index (χ4v) is 8.99. The van der Waals surface area contributed by atoms with Gasteiger partial charge in [0.1, 0.15) is 4.70 Å². The molecule has 0 spiro atoms. The van der Waals surface area contributed by atoms with E-state index >= 15 is 0 Å². The minimum atomic E-state index is -0.324. The maximum Gasteiger partial charge on any atom is 0.328 e. The molecule has 1 amide bonds. The fraction of sp³-hybridized carbons (Fsp3) is 0.731. The van der Waals surface area contributed by atoms with Crippen LogP contribution < -0.4 is 16.6 Å². The second-order valence-corrected chi connectivity index (χ2v) is 12.7. The zero-order valence-electron chi connectivity index (χ0n) is 19.5. The number of carbonyl (C=O) groups excluding carboxylic acids is 1. The Balaban J connectivity index is 1.06.